The molecule has 7 heteroatoms. The van der Waals surface area contributed by atoms with Gasteiger partial charge in [-0.25, -0.2) is 0 Å². The van der Waals surface area contributed by atoms with Crippen LogP contribution in [0, 0.1) is 0 Å². The van der Waals surface area contributed by atoms with E-state index < -0.39 is 4.75 Å². The molecule has 1 fully saturated rings. The molecule has 0 radical (unpaired) electrons. The fourth-order valence-electron chi connectivity index (χ4n) is 3.15. The molecule has 1 N–H and O–H groups in total. The molecule has 3 aromatic rings. The molecule has 138 valence electrons. The van der Waals surface area contributed by atoms with Crippen LogP contribution in [0.4, 0.5) is 5.69 Å². The van der Waals surface area contributed by atoms with Crippen LogP contribution in [0.5, 0.6) is 0 Å². The molecule has 0 aliphatic heterocycles. The summed E-state index contributed by atoms with van der Waals surface area (Å²) in [5.41, 5.74) is 1.61. The standard InChI is InChI=1S/C20H21N5OS/c1-2-25-17(16-11-6-7-14-21-16)23-24-19(25)27-20(12-8-13-20)18(26)22-15-9-4-3-5-10-15/h3-7,9-11,14H,2,8,12-13H2,1H3,(H,22,26). The summed E-state index contributed by atoms with van der Waals surface area (Å²) in [5, 5.41) is 12.5. The minimum Gasteiger partial charge on any atom is -0.325 e. The van der Waals surface area contributed by atoms with E-state index in [0.717, 1.165) is 48.2 Å². The molecule has 2 heterocycles. The lowest BCUT2D eigenvalue weighted by molar-refractivity contribution is -0.120. The lowest BCUT2D eigenvalue weighted by atomic mass is 9.83. The molecule has 0 bridgehead atoms. The Bertz CT molecular complexity index is 922. The molecular weight excluding hydrogens is 358 g/mol. The lowest BCUT2D eigenvalue weighted by Gasteiger charge is -2.38. The van der Waals surface area contributed by atoms with Crippen molar-refractivity contribution in [1.82, 2.24) is 19.7 Å². The van der Waals surface area contributed by atoms with E-state index in [-0.39, 0.29) is 5.91 Å². The maximum Gasteiger partial charge on any atom is 0.241 e. The third-order valence-corrected chi connectivity index (χ3v) is 6.29. The molecule has 1 saturated carbocycles. The van der Waals surface area contributed by atoms with E-state index in [0.29, 0.717) is 0 Å². The zero-order chi connectivity index (χ0) is 18.7. The van der Waals surface area contributed by atoms with Crippen molar-refractivity contribution in [2.75, 3.05) is 5.32 Å². The van der Waals surface area contributed by atoms with Gasteiger partial charge in [-0.05, 0) is 50.5 Å². The molecule has 0 spiro atoms. The Kier molecular flexibility index (Phi) is 4.94. The number of nitrogens with zero attached hydrogens (tertiary/aromatic N) is 4. The van der Waals surface area contributed by atoms with E-state index in [4.69, 9.17) is 0 Å². The summed E-state index contributed by atoms with van der Waals surface area (Å²) in [4.78, 5) is 17.4. The lowest BCUT2D eigenvalue weighted by Crippen LogP contribution is -2.46. The number of thioether (sulfide) groups is 1. The van der Waals surface area contributed by atoms with Gasteiger partial charge in [0.15, 0.2) is 11.0 Å². The van der Waals surface area contributed by atoms with E-state index in [9.17, 15) is 4.79 Å². The Morgan fingerprint density at radius 3 is 2.56 bits per heavy atom. The van der Waals surface area contributed by atoms with Crippen LogP contribution in [-0.2, 0) is 11.3 Å². The third-order valence-electron chi connectivity index (χ3n) is 4.82. The van der Waals surface area contributed by atoms with Crippen molar-refractivity contribution in [3.8, 4) is 11.5 Å². The van der Waals surface area contributed by atoms with Crippen molar-refractivity contribution >= 4 is 23.4 Å². The zero-order valence-electron chi connectivity index (χ0n) is 15.1. The Hall–Kier alpha value is -2.67. The van der Waals surface area contributed by atoms with E-state index in [2.05, 4.69) is 27.4 Å². The van der Waals surface area contributed by atoms with Crippen LogP contribution in [0.25, 0.3) is 11.5 Å². The van der Waals surface area contributed by atoms with Gasteiger partial charge in [0, 0.05) is 18.4 Å². The second-order valence-electron chi connectivity index (χ2n) is 6.54. The smallest absolute Gasteiger partial charge is 0.241 e. The summed E-state index contributed by atoms with van der Waals surface area (Å²) in [5.74, 6) is 0.772. The third kappa shape index (κ3) is 3.47. The number of benzene rings is 1. The Morgan fingerprint density at radius 2 is 1.93 bits per heavy atom. The summed E-state index contributed by atoms with van der Waals surface area (Å²) >= 11 is 1.52. The predicted octanol–water partition coefficient (Wildman–Crippen LogP) is 4.01. The molecular formula is C20H21N5OS. The average Bonchev–Trinajstić information content (AvgIpc) is 3.08. The molecule has 1 aliphatic carbocycles. The maximum atomic E-state index is 13.0. The first kappa shape index (κ1) is 17.7. The van der Waals surface area contributed by atoms with Gasteiger partial charge >= 0.3 is 0 Å². The van der Waals surface area contributed by atoms with Crippen LogP contribution in [0.1, 0.15) is 26.2 Å². The molecule has 27 heavy (non-hydrogen) atoms. The maximum absolute atomic E-state index is 13.0. The molecule has 0 saturated heterocycles. The van der Waals surface area contributed by atoms with Crippen LogP contribution < -0.4 is 5.32 Å². The highest BCUT2D eigenvalue weighted by Crippen LogP contribution is 2.48. The second kappa shape index (κ2) is 7.52. The number of hydrogen-bond donors (Lipinski definition) is 1. The number of para-hydroxylation sites is 1. The van der Waals surface area contributed by atoms with Crippen LogP contribution in [0.2, 0.25) is 0 Å². The number of anilines is 1. The molecule has 1 aromatic carbocycles. The first-order chi connectivity index (χ1) is 13.2. The van der Waals surface area contributed by atoms with Crippen molar-refractivity contribution < 1.29 is 4.79 Å². The highest BCUT2D eigenvalue weighted by atomic mass is 32.2. The molecule has 6 nitrogen and oxygen atoms in total. The van der Waals surface area contributed by atoms with Gasteiger partial charge in [-0.3, -0.25) is 9.78 Å². The van der Waals surface area contributed by atoms with Gasteiger partial charge in [-0.15, -0.1) is 10.2 Å². The topological polar surface area (TPSA) is 72.7 Å². The highest BCUT2D eigenvalue weighted by molar-refractivity contribution is 8.01. The minimum atomic E-state index is -0.489. The van der Waals surface area contributed by atoms with Crippen molar-refractivity contribution in [2.24, 2.45) is 0 Å². The molecule has 1 amide bonds. The molecule has 0 atom stereocenters. The van der Waals surface area contributed by atoms with Crippen molar-refractivity contribution in [1.29, 1.82) is 0 Å². The Balaban J connectivity index is 1.58. The number of carbonyl (C=O) groups is 1. The SMILES string of the molecule is CCn1c(SC2(C(=O)Nc3ccccc3)CCC2)nnc1-c1ccccn1. The Morgan fingerprint density at radius 1 is 1.15 bits per heavy atom. The monoisotopic (exact) mass is 379 g/mol. The van der Waals surface area contributed by atoms with Crippen molar-refractivity contribution in [2.45, 2.75) is 42.6 Å². The second-order valence-corrected chi connectivity index (χ2v) is 7.89. The number of rotatable bonds is 6. The van der Waals surface area contributed by atoms with Crippen molar-refractivity contribution in [3.05, 3.63) is 54.7 Å². The molecule has 1 aliphatic rings. The summed E-state index contributed by atoms with van der Waals surface area (Å²) in [7, 11) is 0. The summed E-state index contributed by atoms with van der Waals surface area (Å²) < 4.78 is 1.54. The highest BCUT2D eigenvalue weighted by Gasteiger charge is 2.46. The van der Waals surface area contributed by atoms with Crippen molar-refractivity contribution in [3.63, 3.8) is 0 Å². The van der Waals surface area contributed by atoms with Gasteiger partial charge < -0.3 is 9.88 Å². The predicted molar refractivity (Wildman–Crippen MR) is 106 cm³/mol. The van der Waals surface area contributed by atoms with Gasteiger partial charge in [-0.2, -0.15) is 0 Å². The van der Waals surface area contributed by atoms with Gasteiger partial charge in [0.1, 0.15) is 10.4 Å². The van der Waals surface area contributed by atoms with Gasteiger partial charge in [-0.1, -0.05) is 36.0 Å². The van der Waals surface area contributed by atoms with E-state index in [1.807, 2.05) is 53.1 Å². The van der Waals surface area contributed by atoms with E-state index in [1.165, 1.54) is 11.8 Å². The van der Waals surface area contributed by atoms with Crippen LogP contribution in [0.3, 0.4) is 0 Å². The zero-order valence-corrected chi connectivity index (χ0v) is 15.9. The number of pyridine rings is 1. The summed E-state index contributed by atoms with van der Waals surface area (Å²) in [6, 6.07) is 15.3. The minimum absolute atomic E-state index is 0.0370. The average molecular weight is 379 g/mol. The molecule has 2 aromatic heterocycles. The number of aromatic nitrogens is 4. The summed E-state index contributed by atoms with van der Waals surface area (Å²) in [6.07, 6.45) is 4.47. The molecule has 0 unspecified atom stereocenters. The van der Waals surface area contributed by atoms with Gasteiger partial charge in [0.25, 0.3) is 0 Å². The van der Waals surface area contributed by atoms with Crippen LogP contribution >= 0.6 is 11.8 Å². The number of amides is 1. The van der Waals surface area contributed by atoms with E-state index in [1.54, 1.807) is 6.20 Å². The number of nitrogens with one attached hydrogen (secondary N) is 1. The number of carbonyl (C=O) groups excluding carboxylic acids is 1. The molecule has 4 rings (SSSR count). The largest absolute Gasteiger partial charge is 0.325 e. The first-order valence-corrected chi connectivity index (χ1v) is 9.93. The van der Waals surface area contributed by atoms with Crippen LogP contribution in [-0.4, -0.2) is 30.4 Å². The fraction of sp³-hybridized carbons (Fsp3) is 0.300. The Labute approximate surface area is 162 Å². The normalized spacial score (nSPS) is 15.1. The summed E-state index contributed by atoms with van der Waals surface area (Å²) in [6.45, 7) is 2.77. The fourth-order valence-corrected chi connectivity index (χ4v) is 4.54. The van der Waals surface area contributed by atoms with Crippen LogP contribution in [0.15, 0.2) is 59.9 Å². The van der Waals surface area contributed by atoms with E-state index >= 15 is 0 Å². The quantitative estimate of drug-likeness (QED) is 0.700. The first-order valence-electron chi connectivity index (χ1n) is 9.12. The van der Waals surface area contributed by atoms with Gasteiger partial charge in [0.2, 0.25) is 5.91 Å². The van der Waals surface area contributed by atoms with Gasteiger partial charge in [0.05, 0.1) is 0 Å². The number of hydrogen-bond acceptors (Lipinski definition) is 5.